The Morgan fingerprint density at radius 2 is 1.79 bits per heavy atom. The van der Waals surface area contributed by atoms with Crippen molar-refractivity contribution >= 4 is 34.6 Å². The third kappa shape index (κ3) is 3.18. The summed E-state index contributed by atoms with van der Waals surface area (Å²) in [4.78, 5) is 43.2. The van der Waals surface area contributed by atoms with Crippen molar-refractivity contribution in [2.24, 2.45) is 0 Å². The van der Waals surface area contributed by atoms with Gasteiger partial charge in [-0.05, 0) is 50.5 Å². The summed E-state index contributed by atoms with van der Waals surface area (Å²) in [5.74, 6) is -0.129. The van der Waals surface area contributed by atoms with Crippen LogP contribution in [0.4, 0.5) is 17.1 Å². The number of para-hydroxylation sites is 1. The Kier molecular flexibility index (Phi) is 5.50. The standard InChI is InChI=1S/C30H25N5O4/c1-3-33-23-10-5-4-9-21(23)30(29(33)37)22(18-31)28(32-15-6-7-16-32)34(24-11-8-12-26(36)27(24)30)25-17-20(35(38)39)14-13-19(25)2/h4-7,9-10,13-17H,3,8,11-12H2,1-2H3/t30-/m1/s1. The summed E-state index contributed by atoms with van der Waals surface area (Å²) in [6.07, 6.45) is 4.84. The molecule has 1 aliphatic carbocycles. The second kappa shape index (κ2) is 8.81. The first-order valence-electron chi connectivity index (χ1n) is 12.9. The first-order chi connectivity index (χ1) is 18.9. The number of benzene rings is 2. The maximum Gasteiger partial charge on any atom is 0.271 e. The number of hydrogen-bond donors (Lipinski definition) is 0. The van der Waals surface area contributed by atoms with Crippen LogP contribution >= 0.6 is 0 Å². The van der Waals surface area contributed by atoms with Crippen LogP contribution < -0.4 is 9.80 Å². The molecule has 3 heterocycles. The zero-order valence-electron chi connectivity index (χ0n) is 21.5. The molecule has 0 N–H and O–H groups in total. The minimum atomic E-state index is -1.61. The molecule has 1 atom stereocenters. The molecule has 39 heavy (non-hydrogen) atoms. The average Bonchev–Trinajstić information content (AvgIpc) is 3.55. The number of fused-ring (bicyclic) bond motifs is 3. The molecule has 1 amide bonds. The van der Waals surface area contributed by atoms with Crippen molar-refractivity contribution in [3.05, 3.63) is 105 Å². The summed E-state index contributed by atoms with van der Waals surface area (Å²) in [5.41, 5.74) is 1.79. The van der Waals surface area contributed by atoms with E-state index in [9.17, 15) is 25.0 Å². The Morgan fingerprint density at radius 3 is 2.49 bits per heavy atom. The summed E-state index contributed by atoms with van der Waals surface area (Å²) < 4.78 is 1.76. The van der Waals surface area contributed by atoms with Gasteiger partial charge < -0.3 is 9.47 Å². The Balaban J connectivity index is 1.80. The highest BCUT2D eigenvalue weighted by atomic mass is 16.6. The number of aromatic nitrogens is 1. The van der Waals surface area contributed by atoms with Gasteiger partial charge in [0.2, 0.25) is 5.91 Å². The molecule has 2 aromatic carbocycles. The number of amides is 1. The summed E-state index contributed by atoms with van der Waals surface area (Å²) in [5, 5.41) is 22.6. The lowest BCUT2D eigenvalue weighted by Gasteiger charge is -2.45. The van der Waals surface area contributed by atoms with Gasteiger partial charge in [-0.2, -0.15) is 5.26 Å². The maximum absolute atomic E-state index is 14.5. The van der Waals surface area contributed by atoms with Crippen molar-refractivity contribution in [3.8, 4) is 6.07 Å². The molecule has 1 spiro atoms. The van der Waals surface area contributed by atoms with E-state index in [1.807, 2.05) is 50.2 Å². The lowest BCUT2D eigenvalue weighted by molar-refractivity contribution is -0.384. The van der Waals surface area contributed by atoms with Gasteiger partial charge in [-0.25, -0.2) is 0 Å². The summed E-state index contributed by atoms with van der Waals surface area (Å²) in [7, 11) is 0. The number of nitro benzene ring substituents is 1. The number of nitriles is 1. The average molecular weight is 520 g/mol. The molecule has 0 saturated heterocycles. The fourth-order valence-electron chi connectivity index (χ4n) is 6.33. The van der Waals surface area contributed by atoms with Crippen molar-refractivity contribution in [1.82, 2.24) is 4.57 Å². The van der Waals surface area contributed by atoms with Gasteiger partial charge in [0.25, 0.3) is 5.69 Å². The van der Waals surface area contributed by atoms with Gasteiger partial charge in [0.15, 0.2) is 5.78 Å². The zero-order valence-corrected chi connectivity index (χ0v) is 21.5. The third-order valence-corrected chi connectivity index (χ3v) is 7.93. The van der Waals surface area contributed by atoms with Gasteiger partial charge in [0, 0.05) is 60.0 Å². The van der Waals surface area contributed by atoms with Crippen molar-refractivity contribution in [1.29, 1.82) is 5.26 Å². The summed E-state index contributed by atoms with van der Waals surface area (Å²) in [6, 6.07) is 17.9. The molecule has 0 saturated carbocycles. The number of carbonyl (C=O) groups excluding carboxylic acids is 2. The number of hydrogen-bond acceptors (Lipinski definition) is 6. The Hall–Kier alpha value is -4.97. The number of allylic oxidation sites excluding steroid dienone is 1. The van der Waals surface area contributed by atoms with E-state index in [-0.39, 0.29) is 29.4 Å². The molecule has 9 nitrogen and oxygen atoms in total. The van der Waals surface area contributed by atoms with E-state index in [0.29, 0.717) is 53.4 Å². The number of aryl methyl sites for hydroxylation is 1. The topological polar surface area (TPSA) is 112 Å². The number of nitro groups is 1. The van der Waals surface area contributed by atoms with Crippen LogP contribution in [-0.2, 0) is 15.0 Å². The van der Waals surface area contributed by atoms with Gasteiger partial charge in [-0.1, -0.05) is 24.3 Å². The van der Waals surface area contributed by atoms with Gasteiger partial charge >= 0.3 is 0 Å². The van der Waals surface area contributed by atoms with Crippen molar-refractivity contribution in [2.75, 3.05) is 16.3 Å². The van der Waals surface area contributed by atoms with Gasteiger partial charge in [0.1, 0.15) is 17.3 Å². The Morgan fingerprint density at radius 1 is 1.05 bits per heavy atom. The predicted octanol–water partition coefficient (Wildman–Crippen LogP) is 5.23. The van der Waals surface area contributed by atoms with E-state index in [0.717, 1.165) is 5.56 Å². The Labute approximate surface area is 225 Å². The van der Waals surface area contributed by atoms with E-state index in [4.69, 9.17) is 0 Å². The number of ketones is 1. The molecule has 9 heteroatoms. The molecule has 0 unspecified atom stereocenters. The fourth-order valence-corrected chi connectivity index (χ4v) is 6.33. The lowest BCUT2D eigenvalue weighted by atomic mass is 9.63. The summed E-state index contributed by atoms with van der Waals surface area (Å²) >= 11 is 0. The molecule has 3 aliphatic rings. The number of Topliss-reactive ketones (excluding diaryl/α,β-unsaturated/α-hetero) is 1. The van der Waals surface area contributed by atoms with E-state index in [1.165, 1.54) is 12.1 Å². The van der Waals surface area contributed by atoms with Crippen LogP contribution in [0.3, 0.4) is 0 Å². The first kappa shape index (κ1) is 24.4. The number of carbonyl (C=O) groups is 2. The normalized spacial score (nSPS) is 20.4. The van der Waals surface area contributed by atoms with Crippen molar-refractivity contribution in [2.45, 2.75) is 38.5 Å². The minimum absolute atomic E-state index is 0.106. The maximum atomic E-state index is 14.5. The highest BCUT2D eigenvalue weighted by molar-refractivity contribution is 6.22. The fraction of sp³-hybridized carbons (Fsp3) is 0.233. The van der Waals surface area contributed by atoms with E-state index >= 15 is 0 Å². The van der Waals surface area contributed by atoms with E-state index in [1.54, 1.807) is 32.8 Å². The van der Waals surface area contributed by atoms with E-state index < -0.39 is 10.3 Å². The first-order valence-corrected chi connectivity index (χ1v) is 12.9. The monoisotopic (exact) mass is 519 g/mol. The van der Waals surface area contributed by atoms with Gasteiger partial charge in [0.05, 0.1) is 16.2 Å². The third-order valence-electron chi connectivity index (χ3n) is 7.93. The second-order valence-corrected chi connectivity index (χ2v) is 9.88. The second-order valence-electron chi connectivity index (χ2n) is 9.88. The highest BCUT2D eigenvalue weighted by Crippen LogP contribution is 2.58. The quantitative estimate of drug-likeness (QED) is 0.345. The number of nitrogens with zero attached hydrogens (tertiary/aromatic N) is 5. The molecule has 0 radical (unpaired) electrons. The van der Waals surface area contributed by atoms with Crippen LogP contribution in [0.2, 0.25) is 0 Å². The summed E-state index contributed by atoms with van der Waals surface area (Å²) in [6.45, 7) is 4.08. The molecule has 0 bridgehead atoms. The van der Waals surface area contributed by atoms with Gasteiger partial charge in [-0.15, -0.1) is 0 Å². The highest BCUT2D eigenvalue weighted by Gasteiger charge is 2.62. The molecular weight excluding hydrogens is 494 g/mol. The number of likely N-dealkylation sites (N-methyl/N-ethyl adjacent to an activating group) is 1. The van der Waals surface area contributed by atoms with Gasteiger partial charge in [-0.3, -0.25) is 24.6 Å². The molecule has 1 aromatic heterocycles. The number of rotatable bonds is 4. The van der Waals surface area contributed by atoms with Crippen molar-refractivity contribution in [3.63, 3.8) is 0 Å². The van der Waals surface area contributed by atoms with Crippen LogP contribution in [0.15, 0.2) is 83.8 Å². The predicted molar refractivity (Wildman–Crippen MR) is 146 cm³/mol. The minimum Gasteiger partial charge on any atom is -0.311 e. The number of non-ortho nitro benzene ring substituents is 1. The molecule has 0 fully saturated rings. The molecule has 6 rings (SSSR count). The largest absolute Gasteiger partial charge is 0.311 e. The van der Waals surface area contributed by atoms with Crippen LogP contribution in [0.25, 0.3) is 5.82 Å². The zero-order chi connectivity index (χ0) is 27.5. The Bertz CT molecular complexity index is 1680. The molecular formula is C30H25N5O4. The molecule has 194 valence electrons. The number of anilines is 2. The molecule has 2 aliphatic heterocycles. The van der Waals surface area contributed by atoms with Crippen LogP contribution in [-0.4, -0.2) is 27.7 Å². The SMILES string of the molecule is CCN1C(=O)[C@@]2(C(C#N)=C(n3cccc3)N(c3cc([N+](=O)[O-])ccc3C)C3=C2C(=O)CCC3)c2ccccc21. The smallest absolute Gasteiger partial charge is 0.271 e. The van der Waals surface area contributed by atoms with Crippen LogP contribution in [0, 0.1) is 28.4 Å². The lowest BCUT2D eigenvalue weighted by Crippen LogP contribution is -2.51. The van der Waals surface area contributed by atoms with Crippen LogP contribution in [0.5, 0.6) is 0 Å². The van der Waals surface area contributed by atoms with Crippen molar-refractivity contribution < 1.29 is 14.5 Å². The molecule has 3 aromatic rings. The van der Waals surface area contributed by atoms with Crippen LogP contribution in [0.1, 0.15) is 37.3 Å². The van der Waals surface area contributed by atoms with E-state index in [2.05, 4.69) is 6.07 Å².